The van der Waals surface area contributed by atoms with Crippen molar-refractivity contribution < 1.29 is 9.84 Å². The molecule has 0 spiro atoms. The predicted molar refractivity (Wildman–Crippen MR) is 123 cm³/mol. The monoisotopic (exact) mass is 501 g/mol. The quantitative estimate of drug-likeness (QED) is 0.280. The number of rotatable bonds is 9. The maximum atomic E-state index is 10.7. The van der Waals surface area contributed by atoms with E-state index in [-0.39, 0.29) is 24.0 Å². The number of benzene rings is 1. The third-order valence-corrected chi connectivity index (χ3v) is 4.19. The summed E-state index contributed by atoms with van der Waals surface area (Å²) in [5.74, 6) is 0.667. The summed E-state index contributed by atoms with van der Waals surface area (Å²) in [5.41, 5.74) is 2.00. The van der Waals surface area contributed by atoms with Crippen molar-refractivity contribution in [2.45, 2.75) is 39.5 Å². The van der Waals surface area contributed by atoms with E-state index in [2.05, 4.69) is 45.0 Å². The van der Waals surface area contributed by atoms with Crippen molar-refractivity contribution in [1.29, 1.82) is 0 Å². The second-order valence-corrected chi connectivity index (χ2v) is 6.68. The zero-order valence-electron chi connectivity index (χ0n) is 17.1. The van der Waals surface area contributed by atoms with Gasteiger partial charge < -0.3 is 20.5 Å². The van der Waals surface area contributed by atoms with Gasteiger partial charge in [-0.25, -0.2) is 4.99 Å². The first-order chi connectivity index (χ1) is 12.9. The summed E-state index contributed by atoms with van der Waals surface area (Å²) >= 11 is 0. The Bertz CT molecular complexity index is 728. The maximum absolute atomic E-state index is 10.7. The van der Waals surface area contributed by atoms with Gasteiger partial charge in [-0.1, -0.05) is 24.3 Å². The van der Waals surface area contributed by atoms with Gasteiger partial charge in [0.15, 0.2) is 5.96 Å². The number of nitrogens with one attached hydrogen (secondary N) is 2. The average Bonchev–Trinajstić information content (AvgIpc) is 3.10. The molecule has 1 atom stereocenters. The number of aromatic nitrogens is 2. The van der Waals surface area contributed by atoms with Crippen molar-refractivity contribution in [1.82, 2.24) is 20.4 Å². The van der Waals surface area contributed by atoms with Gasteiger partial charge in [0.2, 0.25) is 0 Å². The van der Waals surface area contributed by atoms with Gasteiger partial charge in [-0.2, -0.15) is 5.10 Å². The number of halogens is 1. The van der Waals surface area contributed by atoms with Gasteiger partial charge in [-0.15, -0.1) is 24.0 Å². The number of ether oxygens (including phenoxy) is 1. The van der Waals surface area contributed by atoms with Crippen LogP contribution in [-0.4, -0.2) is 40.5 Å². The molecule has 0 saturated heterocycles. The van der Waals surface area contributed by atoms with Gasteiger partial charge in [0.25, 0.3) is 0 Å². The molecule has 1 heterocycles. The molecular formula is C20H32IN5O2. The first-order valence-corrected chi connectivity index (χ1v) is 9.34. The Labute approximate surface area is 184 Å². The van der Waals surface area contributed by atoms with E-state index in [4.69, 9.17) is 4.74 Å². The predicted octanol–water partition coefficient (Wildman–Crippen LogP) is 2.54. The lowest BCUT2D eigenvalue weighted by Crippen LogP contribution is -2.44. The Morgan fingerprint density at radius 2 is 1.89 bits per heavy atom. The lowest BCUT2D eigenvalue weighted by Gasteiger charge is -2.23. The van der Waals surface area contributed by atoms with Crippen LogP contribution in [0.25, 0.3) is 0 Å². The van der Waals surface area contributed by atoms with E-state index < -0.39 is 5.60 Å². The molecule has 2 rings (SSSR count). The van der Waals surface area contributed by atoms with Crippen LogP contribution in [0.15, 0.2) is 41.7 Å². The number of hydrogen-bond donors (Lipinski definition) is 3. The van der Waals surface area contributed by atoms with Crippen LogP contribution in [0.3, 0.4) is 0 Å². The van der Waals surface area contributed by atoms with Gasteiger partial charge in [0, 0.05) is 32.0 Å². The summed E-state index contributed by atoms with van der Waals surface area (Å²) in [7, 11) is 1.83. The molecule has 0 aliphatic carbocycles. The zero-order chi connectivity index (χ0) is 19.7. The van der Waals surface area contributed by atoms with Crippen molar-refractivity contribution in [3.63, 3.8) is 0 Å². The van der Waals surface area contributed by atoms with Crippen molar-refractivity contribution >= 4 is 29.9 Å². The van der Waals surface area contributed by atoms with E-state index in [1.807, 2.05) is 27.1 Å². The zero-order valence-corrected chi connectivity index (χ0v) is 19.4. The largest absolute Gasteiger partial charge is 0.383 e. The van der Waals surface area contributed by atoms with Crippen LogP contribution >= 0.6 is 24.0 Å². The third-order valence-electron chi connectivity index (χ3n) is 4.19. The second kappa shape index (κ2) is 12.0. The second-order valence-electron chi connectivity index (χ2n) is 6.68. The van der Waals surface area contributed by atoms with Crippen LogP contribution in [0.2, 0.25) is 0 Å². The Kier molecular flexibility index (Phi) is 10.5. The van der Waals surface area contributed by atoms with E-state index in [9.17, 15) is 5.11 Å². The van der Waals surface area contributed by atoms with Crippen molar-refractivity contribution in [2.75, 3.05) is 19.7 Å². The summed E-state index contributed by atoms with van der Waals surface area (Å²) in [5, 5.41) is 21.2. The molecule has 1 aromatic heterocycles. The molecule has 0 saturated carbocycles. The van der Waals surface area contributed by atoms with Gasteiger partial charge >= 0.3 is 0 Å². The molecule has 0 bridgehead atoms. The molecule has 1 unspecified atom stereocenters. The molecule has 1 aromatic carbocycles. The molecule has 0 aliphatic rings. The van der Waals surface area contributed by atoms with Crippen LogP contribution in [0.5, 0.6) is 0 Å². The highest BCUT2D eigenvalue weighted by Gasteiger charge is 2.24. The molecule has 0 radical (unpaired) electrons. The summed E-state index contributed by atoms with van der Waals surface area (Å²) in [4.78, 5) is 4.61. The SMILES string of the molecule is CCNC(=NCc1ccc(COCC)cc1)NCC(C)(O)c1cnn(C)c1.I. The molecule has 0 amide bonds. The first-order valence-electron chi connectivity index (χ1n) is 9.34. The molecule has 0 fully saturated rings. The Morgan fingerprint density at radius 1 is 1.21 bits per heavy atom. The van der Waals surface area contributed by atoms with E-state index in [1.165, 1.54) is 0 Å². The van der Waals surface area contributed by atoms with E-state index in [0.29, 0.717) is 32.3 Å². The Balaban J connectivity index is 0.00000392. The minimum absolute atomic E-state index is 0. The number of guanidine groups is 1. The minimum Gasteiger partial charge on any atom is -0.383 e. The number of aryl methyl sites for hydroxylation is 1. The summed E-state index contributed by atoms with van der Waals surface area (Å²) in [6, 6.07) is 8.25. The smallest absolute Gasteiger partial charge is 0.191 e. The molecule has 28 heavy (non-hydrogen) atoms. The average molecular weight is 501 g/mol. The van der Waals surface area contributed by atoms with Crippen molar-refractivity contribution in [3.05, 3.63) is 53.3 Å². The highest BCUT2D eigenvalue weighted by Crippen LogP contribution is 2.18. The van der Waals surface area contributed by atoms with E-state index in [0.717, 1.165) is 23.2 Å². The van der Waals surface area contributed by atoms with E-state index in [1.54, 1.807) is 17.8 Å². The fourth-order valence-electron chi connectivity index (χ4n) is 2.53. The van der Waals surface area contributed by atoms with Crippen LogP contribution in [0.1, 0.15) is 37.5 Å². The Morgan fingerprint density at radius 3 is 2.46 bits per heavy atom. The van der Waals surface area contributed by atoms with Gasteiger partial charge in [-0.3, -0.25) is 4.68 Å². The topological polar surface area (TPSA) is 83.7 Å². The minimum atomic E-state index is -1.04. The summed E-state index contributed by atoms with van der Waals surface area (Å²) < 4.78 is 7.09. The molecule has 3 N–H and O–H groups in total. The fraction of sp³-hybridized carbons (Fsp3) is 0.500. The van der Waals surface area contributed by atoms with Crippen molar-refractivity contribution in [2.24, 2.45) is 12.0 Å². The lowest BCUT2D eigenvalue weighted by atomic mass is 10.00. The highest BCUT2D eigenvalue weighted by atomic mass is 127. The molecule has 7 nitrogen and oxygen atoms in total. The number of nitrogens with zero attached hydrogens (tertiary/aromatic N) is 3. The van der Waals surface area contributed by atoms with Crippen LogP contribution in [0.4, 0.5) is 0 Å². The fourth-order valence-corrected chi connectivity index (χ4v) is 2.53. The number of aliphatic imine (C=N–C) groups is 1. The van der Waals surface area contributed by atoms with Crippen LogP contribution in [0, 0.1) is 0 Å². The van der Waals surface area contributed by atoms with Crippen molar-refractivity contribution in [3.8, 4) is 0 Å². The summed E-state index contributed by atoms with van der Waals surface area (Å²) in [6.45, 7) is 8.74. The molecule has 156 valence electrons. The normalized spacial score (nSPS) is 13.5. The van der Waals surface area contributed by atoms with Crippen LogP contribution < -0.4 is 10.6 Å². The number of aliphatic hydroxyl groups is 1. The highest BCUT2D eigenvalue weighted by molar-refractivity contribution is 14.0. The standard InChI is InChI=1S/C20H31N5O2.HI/c1-5-21-19(23-15-20(3,26)18-12-24-25(4)13-18)22-11-16-7-9-17(10-8-16)14-27-6-2;/h7-10,12-13,26H,5-6,11,14-15H2,1-4H3,(H2,21,22,23);1H. The van der Waals surface area contributed by atoms with E-state index >= 15 is 0 Å². The molecular weight excluding hydrogens is 469 g/mol. The van der Waals surface area contributed by atoms with Crippen LogP contribution in [-0.2, 0) is 30.5 Å². The third kappa shape index (κ3) is 7.76. The molecule has 0 aliphatic heterocycles. The maximum Gasteiger partial charge on any atom is 0.191 e. The van der Waals surface area contributed by atoms with Gasteiger partial charge in [-0.05, 0) is 31.9 Å². The molecule has 2 aromatic rings. The number of hydrogen-bond acceptors (Lipinski definition) is 4. The lowest BCUT2D eigenvalue weighted by molar-refractivity contribution is 0.0616. The van der Waals surface area contributed by atoms with Gasteiger partial charge in [0.1, 0.15) is 5.60 Å². The summed E-state index contributed by atoms with van der Waals surface area (Å²) in [6.07, 6.45) is 3.49. The molecule has 8 heteroatoms. The first kappa shape index (κ1) is 24.4. The van der Waals surface area contributed by atoms with Gasteiger partial charge in [0.05, 0.1) is 25.9 Å². The Hall–Kier alpha value is -1.65.